The maximum Gasteiger partial charge on any atom is 0.387 e. The lowest BCUT2D eigenvalue weighted by Gasteiger charge is -2.38. The van der Waals surface area contributed by atoms with Crippen LogP contribution in [0.1, 0.15) is 84.0 Å². The van der Waals surface area contributed by atoms with Gasteiger partial charge >= 0.3 is 6.61 Å². The van der Waals surface area contributed by atoms with Crippen molar-refractivity contribution in [3.8, 4) is 11.5 Å². The third kappa shape index (κ3) is 7.28. The molecule has 0 spiro atoms. The normalized spacial score (nSPS) is 27.2. The van der Waals surface area contributed by atoms with Crippen LogP contribution in [0.5, 0.6) is 11.5 Å². The van der Waals surface area contributed by atoms with Gasteiger partial charge in [0.1, 0.15) is 0 Å². The third-order valence-electron chi connectivity index (χ3n) is 7.26. The first kappa shape index (κ1) is 23.6. The van der Waals surface area contributed by atoms with E-state index in [2.05, 4.69) is 11.7 Å². The Kier molecular flexibility index (Phi) is 9.55. The SMILES string of the molecule is CCCCCC1CCC(C2CCC(COc3ccc(Cl)cc3OC(F)F)CC2)CC1. The summed E-state index contributed by atoms with van der Waals surface area (Å²) in [6.07, 6.45) is 16.1. The zero-order valence-electron chi connectivity index (χ0n) is 18.3. The van der Waals surface area contributed by atoms with Crippen molar-refractivity contribution < 1.29 is 18.3 Å². The van der Waals surface area contributed by atoms with Crippen molar-refractivity contribution >= 4 is 11.6 Å². The van der Waals surface area contributed by atoms with E-state index in [1.54, 1.807) is 12.1 Å². The molecule has 0 radical (unpaired) electrons. The number of ether oxygens (including phenoxy) is 2. The van der Waals surface area contributed by atoms with Crippen molar-refractivity contribution in [3.05, 3.63) is 23.2 Å². The van der Waals surface area contributed by atoms with Crippen LogP contribution < -0.4 is 9.47 Å². The summed E-state index contributed by atoms with van der Waals surface area (Å²) in [5.41, 5.74) is 0. The van der Waals surface area contributed by atoms with E-state index in [-0.39, 0.29) is 5.75 Å². The van der Waals surface area contributed by atoms with E-state index >= 15 is 0 Å². The predicted molar refractivity (Wildman–Crippen MR) is 119 cm³/mol. The summed E-state index contributed by atoms with van der Waals surface area (Å²) in [6, 6.07) is 4.65. The molecule has 2 nitrogen and oxygen atoms in total. The molecule has 2 aliphatic carbocycles. The molecule has 0 aliphatic heterocycles. The first-order valence-electron chi connectivity index (χ1n) is 11.9. The summed E-state index contributed by atoms with van der Waals surface area (Å²) < 4.78 is 35.7. The molecule has 0 unspecified atom stereocenters. The van der Waals surface area contributed by atoms with Crippen LogP contribution in [0.15, 0.2) is 18.2 Å². The summed E-state index contributed by atoms with van der Waals surface area (Å²) in [6.45, 7) is -0.0508. The number of rotatable bonds is 10. The van der Waals surface area contributed by atoms with Gasteiger partial charge in [0, 0.05) is 11.1 Å². The molecule has 1 aromatic rings. The van der Waals surface area contributed by atoms with Gasteiger partial charge < -0.3 is 9.47 Å². The Morgan fingerprint density at radius 1 is 0.900 bits per heavy atom. The van der Waals surface area contributed by atoms with Crippen molar-refractivity contribution in [1.82, 2.24) is 0 Å². The van der Waals surface area contributed by atoms with Gasteiger partial charge in [-0.3, -0.25) is 0 Å². The lowest BCUT2D eigenvalue weighted by atomic mass is 9.69. The Hall–Kier alpha value is -1.03. The van der Waals surface area contributed by atoms with Crippen LogP contribution in [-0.4, -0.2) is 13.2 Å². The van der Waals surface area contributed by atoms with Crippen LogP contribution in [0.3, 0.4) is 0 Å². The van der Waals surface area contributed by atoms with Crippen LogP contribution in [0.4, 0.5) is 8.78 Å². The molecule has 3 rings (SSSR count). The van der Waals surface area contributed by atoms with Crippen molar-refractivity contribution in [1.29, 1.82) is 0 Å². The van der Waals surface area contributed by atoms with Gasteiger partial charge in [0.25, 0.3) is 0 Å². The Labute approximate surface area is 185 Å². The molecular weight excluding hydrogens is 406 g/mol. The average Bonchev–Trinajstić information content (AvgIpc) is 2.74. The van der Waals surface area contributed by atoms with E-state index in [4.69, 9.17) is 16.3 Å². The minimum atomic E-state index is -2.89. The second-order valence-electron chi connectivity index (χ2n) is 9.34. The molecule has 2 saturated carbocycles. The van der Waals surface area contributed by atoms with E-state index in [0.717, 1.165) is 17.8 Å². The van der Waals surface area contributed by atoms with Crippen LogP contribution >= 0.6 is 11.6 Å². The van der Waals surface area contributed by atoms with Gasteiger partial charge in [-0.2, -0.15) is 8.78 Å². The third-order valence-corrected chi connectivity index (χ3v) is 7.50. The van der Waals surface area contributed by atoms with Gasteiger partial charge in [-0.25, -0.2) is 0 Å². The first-order chi connectivity index (χ1) is 14.5. The first-order valence-corrected chi connectivity index (χ1v) is 12.3. The van der Waals surface area contributed by atoms with Gasteiger partial charge in [0.05, 0.1) is 6.61 Å². The predicted octanol–water partition coefficient (Wildman–Crippen LogP) is 8.51. The minimum absolute atomic E-state index is 0.0156. The fraction of sp³-hybridized carbons (Fsp3) is 0.760. The van der Waals surface area contributed by atoms with E-state index in [1.165, 1.54) is 83.1 Å². The summed E-state index contributed by atoms with van der Waals surface area (Å²) in [4.78, 5) is 0. The summed E-state index contributed by atoms with van der Waals surface area (Å²) in [5.74, 6) is 3.61. The maximum absolute atomic E-state index is 12.6. The van der Waals surface area contributed by atoms with Gasteiger partial charge in [0.2, 0.25) is 0 Å². The molecule has 2 fully saturated rings. The number of benzene rings is 1. The van der Waals surface area contributed by atoms with E-state index in [9.17, 15) is 8.78 Å². The molecule has 0 saturated heterocycles. The molecule has 0 aromatic heterocycles. The minimum Gasteiger partial charge on any atom is -0.489 e. The highest BCUT2D eigenvalue weighted by Gasteiger charge is 2.31. The highest BCUT2D eigenvalue weighted by atomic mass is 35.5. The Morgan fingerprint density at radius 3 is 2.13 bits per heavy atom. The second-order valence-corrected chi connectivity index (χ2v) is 9.77. The van der Waals surface area contributed by atoms with E-state index in [0.29, 0.717) is 23.3 Å². The lowest BCUT2D eigenvalue weighted by molar-refractivity contribution is -0.0517. The molecule has 0 atom stereocenters. The second kappa shape index (κ2) is 12.1. The zero-order valence-corrected chi connectivity index (χ0v) is 19.0. The molecule has 0 heterocycles. The molecule has 2 aliphatic rings. The quantitative estimate of drug-likeness (QED) is 0.338. The van der Waals surface area contributed by atoms with E-state index < -0.39 is 6.61 Å². The van der Waals surface area contributed by atoms with Gasteiger partial charge in [-0.1, -0.05) is 57.0 Å². The molecule has 30 heavy (non-hydrogen) atoms. The highest BCUT2D eigenvalue weighted by molar-refractivity contribution is 6.30. The smallest absolute Gasteiger partial charge is 0.387 e. The summed E-state index contributed by atoms with van der Waals surface area (Å²) in [7, 11) is 0. The monoisotopic (exact) mass is 442 g/mol. The average molecular weight is 443 g/mol. The van der Waals surface area contributed by atoms with Crippen molar-refractivity contribution in [2.24, 2.45) is 23.7 Å². The molecule has 170 valence electrons. The van der Waals surface area contributed by atoms with Crippen LogP contribution in [0.2, 0.25) is 5.02 Å². The maximum atomic E-state index is 12.6. The fourth-order valence-electron chi connectivity index (χ4n) is 5.45. The zero-order chi connectivity index (χ0) is 21.3. The van der Waals surface area contributed by atoms with Gasteiger partial charge in [-0.15, -0.1) is 0 Å². The molecular formula is C25H37ClF2O2. The molecule has 0 bridgehead atoms. The van der Waals surface area contributed by atoms with Crippen LogP contribution in [-0.2, 0) is 0 Å². The standard InChI is InChI=1S/C25H37ClF2O2/c1-2-3-4-5-18-6-10-20(11-7-18)21-12-8-19(9-13-21)17-29-23-15-14-22(26)16-24(23)30-25(27)28/h14-16,18-21,25H,2-13,17H2,1H3. The van der Waals surface area contributed by atoms with Gasteiger partial charge in [-0.05, 0) is 74.3 Å². The van der Waals surface area contributed by atoms with Crippen molar-refractivity contribution in [2.45, 2.75) is 90.6 Å². The largest absolute Gasteiger partial charge is 0.489 e. The number of halogens is 3. The lowest BCUT2D eigenvalue weighted by Crippen LogP contribution is -2.27. The van der Waals surface area contributed by atoms with E-state index in [1.807, 2.05) is 0 Å². The van der Waals surface area contributed by atoms with Crippen molar-refractivity contribution in [3.63, 3.8) is 0 Å². The Balaban J connectivity index is 1.38. The van der Waals surface area contributed by atoms with Crippen molar-refractivity contribution in [2.75, 3.05) is 6.61 Å². The van der Waals surface area contributed by atoms with Gasteiger partial charge in [0.15, 0.2) is 11.5 Å². The topological polar surface area (TPSA) is 18.5 Å². The summed E-state index contributed by atoms with van der Waals surface area (Å²) >= 11 is 5.90. The fourth-order valence-corrected chi connectivity index (χ4v) is 5.62. The summed E-state index contributed by atoms with van der Waals surface area (Å²) in [5, 5.41) is 0.360. The Morgan fingerprint density at radius 2 is 1.53 bits per heavy atom. The highest BCUT2D eigenvalue weighted by Crippen LogP contribution is 2.42. The molecule has 0 N–H and O–H groups in total. The number of unbranched alkanes of at least 4 members (excludes halogenated alkanes) is 2. The molecule has 1 aromatic carbocycles. The number of alkyl halides is 2. The van der Waals surface area contributed by atoms with Crippen LogP contribution in [0, 0.1) is 23.7 Å². The number of hydrogen-bond acceptors (Lipinski definition) is 2. The molecule has 0 amide bonds. The number of hydrogen-bond donors (Lipinski definition) is 0. The van der Waals surface area contributed by atoms with Crippen LogP contribution in [0.25, 0.3) is 0 Å². The molecule has 5 heteroatoms. The Bertz CT molecular complexity index is 624.